The van der Waals surface area contributed by atoms with E-state index in [9.17, 15) is 5.11 Å². The zero-order chi connectivity index (χ0) is 14.8. The summed E-state index contributed by atoms with van der Waals surface area (Å²) in [5.74, 6) is 2.87. The number of fused-ring (bicyclic) bond motifs is 5. The van der Waals surface area contributed by atoms with Crippen molar-refractivity contribution in [3.05, 3.63) is 41.0 Å². The highest BCUT2D eigenvalue weighted by Gasteiger charge is 2.51. The summed E-state index contributed by atoms with van der Waals surface area (Å²) in [4.78, 5) is 0. The van der Waals surface area contributed by atoms with E-state index in [2.05, 4.69) is 26.5 Å². The van der Waals surface area contributed by atoms with Crippen LogP contribution in [0.4, 0.5) is 0 Å². The molecule has 4 rings (SSSR count). The topological polar surface area (TPSA) is 20.2 Å². The number of rotatable bonds is 0. The van der Waals surface area contributed by atoms with E-state index < -0.39 is 0 Å². The maximum atomic E-state index is 9.99. The van der Waals surface area contributed by atoms with Gasteiger partial charge in [-0.25, -0.2) is 0 Å². The third-order valence-corrected chi connectivity index (χ3v) is 7.12. The second-order valence-corrected chi connectivity index (χ2v) is 7.79. The smallest absolute Gasteiger partial charge is 0.118 e. The van der Waals surface area contributed by atoms with Crippen LogP contribution in [0.15, 0.2) is 24.3 Å². The molecule has 1 N–H and O–H groups in total. The number of phenolic OH excluding ortho intramolecular Hbond substituents is 1. The lowest BCUT2D eigenvalue weighted by atomic mass is 9.55. The quantitative estimate of drug-likeness (QED) is 0.655. The van der Waals surface area contributed by atoms with E-state index in [-0.39, 0.29) is 0 Å². The first-order chi connectivity index (χ1) is 10.0. The molecule has 0 radical (unpaired) electrons. The summed E-state index contributed by atoms with van der Waals surface area (Å²) in [5, 5.41) is 9.99. The van der Waals surface area contributed by atoms with Crippen molar-refractivity contribution in [2.75, 3.05) is 0 Å². The number of allylic oxidation sites excluding steroid dienone is 1. The van der Waals surface area contributed by atoms with Crippen LogP contribution >= 0.6 is 0 Å². The minimum absolute atomic E-state index is 0.407. The summed E-state index contributed by atoms with van der Waals surface area (Å²) in [7, 11) is 0. The zero-order valence-electron chi connectivity index (χ0n) is 13.3. The first-order valence-electron chi connectivity index (χ1n) is 8.52. The van der Waals surface area contributed by atoms with Gasteiger partial charge in [0.2, 0.25) is 0 Å². The van der Waals surface area contributed by atoms with Crippen molar-refractivity contribution in [3.63, 3.8) is 0 Å². The predicted octanol–water partition coefficient (Wildman–Crippen LogP) is 5.11. The molecule has 1 aromatic rings. The fourth-order valence-electron chi connectivity index (χ4n) is 5.74. The SMILES string of the molecule is C=C1CC[C@H]2C3CCc4c(ccc(O)c4C)[C@H]3CCC12C. The predicted molar refractivity (Wildman–Crippen MR) is 86.6 cm³/mol. The first-order valence-corrected chi connectivity index (χ1v) is 8.52. The van der Waals surface area contributed by atoms with Crippen molar-refractivity contribution in [1.82, 2.24) is 0 Å². The van der Waals surface area contributed by atoms with Crippen molar-refractivity contribution in [3.8, 4) is 5.75 Å². The Bertz CT molecular complexity index is 615. The Morgan fingerprint density at radius 3 is 2.81 bits per heavy atom. The minimum atomic E-state index is 0.407. The van der Waals surface area contributed by atoms with E-state index >= 15 is 0 Å². The van der Waals surface area contributed by atoms with E-state index in [0.717, 1.165) is 29.7 Å². The average molecular weight is 282 g/mol. The molecular weight excluding hydrogens is 256 g/mol. The lowest BCUT2D eigenvalue weighted by Gasteiger charge is -2.49. The number of aromatic hydroxyl groups is 1. The summed E-state index contributed by atoms with van der Waals surface area (Å²) < 4.78 is 0. The molecule has 0 spiro atoms. The Morgan fingerprint density at radius 1 is 1.19 bits per heavy atom. The highest BCUT2D eigenvalue weighted by atomic mass is 16.3. The van der Waals surface area contributed by atoms with Crippen molar-refractivity contribution in [2.45, 2.75) is 58.3 Å². The van der Waals surface area contributed by atoms with Crippen LogP contribution in [0.25, 0.3) is 0 Å². The monoisotopic (exact) mass is 282 g/mol. The largest absolute Gasteiger partial charge is 0.508 e. The Kier molecular flexibility index (Phi) is 2.80. The third kappa shape index (κ3) is 1.69. The van der Waals surface area contributed by atoms with Crippen molar-refractivity contribution in [1.29, 1.82) is 0 Å². The molecule has 1 heteroatoms. The third-order valence-electron chi connectivity index (χ3n) is 7.12. The van der Waals surface area contributed by atoms with Crippen LogP contribution in [0.2, 0.25) is 0 Å². The number of benzene rings is 1. The van der Waals surface area contributed by atoms with Crippen LogP contribution in [0, 0.1) is 24.2 Å². The van der Waals surface area contributed by atoms with Crippen LogP contribution in [-0.4, -0.2) is 5.11 Å². The van der Waals surface area contributed by atoms with E-state index in [1.807, 2.05) is 6.07 Å². The molecule has 1 nitrogen and oxygen atoms in total. The van der Waals surface area contributed by atoms with E-state index in [1.165, 1.54) is 43.2 Å². The maximum Gasteiger partial charge on any atom is 0.118 e. The van der Waals surface area contributed by atoms with Crippen LogP contribution in [0.5, 0.6) is 5.75 Å². The molecule has 2 fully saturated rings. The molecule has 112 valence electrons. The summed E-state index contributed by atoms with van der Waals surface area (Å²) in [6.07, 6.45) is 7.64. The molecule has 3 aliphatic rings. The normalized spacial score (nSPS) is 37.8. The Morgan fingerprint density at radius 2 is 2.00 bits per heavy atom. The highest BCUT2D eigenvalue weighted by molar-refractivity contribution is 5.47. The van der Waals surface area contributed by atoms with Crippen LogP contribution in [0.1, 0.15) is 61.6 Å². The van der Waals surface area contributed by atoms with Gasteiger partial charge in [-0.05, 0) is 91.4 Å². The summed E-state index contributed by atoms with van der Waals surface area (Å²) in [5.41, 5.74) is 6.02. The summed E-state index contributed by atoms with van der Waals surface area (Å²) >= 11 is 0. The van der Waals surface area contributed by atoms with Gasteiger partial charge >= 0.3 is 0 Å². The molecule has 0 amide bonds. The van der Waals surface area contributed by atoms with Gasteiger partial charge < -0.3 is 5.11 Å². The Hall–Kier alpha value is -1.24. The van der Waals surface area contributed by atoms with E-state index in [1.54, 1.807) is 5.56 Å². The van der Waals surface area contributed by atoms with Crippen molar-refractivity contribution < 1.29 is 5.11 Å². The van der Waals surface area contributed by atoms with Gasteiger partial charge in [-0.2, -0.15) is 0 Å². The van der Waals surface area contributed by atoms with E-state index in [4.69, 9.17) is 0 Å². The zero-order valence-corrected chi connectivity index (χ0v) is 13.3. The summed E-state index contributed by atoms with van der Waals surface area (Å²) in [6.45, 7) is 8.94. The molecule has 0 saturated heterocycles. The standard InChI is InChI=1S/C20H26O/c1-12-4-8-18-17-6-5-14-13(2)19(21)9-7-15(14)16(17)10-11-20(12,18)3/h7,9,16-18,21H,1,4-6,8,10-11H2,2-3H3/t16-,17?,18+,20?/m1/s1. The molecule has 21 heavy (non-hydrogen) atoms. The second-order valence-electron chi connectivity index (χ2n) is 7.79. The minimum Gasteiger partial charge on any atom is -0.508 e. The van der Waals surface area contributed by atoms with Crippen LogP contribution in [-0.2, 0) is 6.42 Å². The molecule has 1 aromatic carbocycles. The highest BCUT2D eigenvalue weighted by Crippen LogP contribution is 2.62. The molecule has 2 saturated carbocycles. The number of hydrogen-bond acceptors (Lipinski definition) is 1. The van der Waals surface area contributed by atoms with Crippen LogP contribution < -0.4 is 0 Å². The Labute approximate surface area is 128 Å². The van der Waals surface area contributed by atoms with Gasteiger partial charge in [-0.15, -0.1) is 0 Å². The molecule has 0 bridgehead atoms. The second kappa shape index (κ2) is 4.38. The van der Waals surface area contributed by atoms with Gasteiger partial charge in [0, 0.05) is 0 Å². The molecule has 3 aliphatic carbocycles. The van der Waals surface area contributed by atoms with Gasteiger partial charge in [0.1, 0.15) is 5.75 Å². The summed E-state index contributed by atoms with van der Waals surface area (Å²) in [6, 6.07) is 4.12. The van der Waals surface area contributed by atoms with E-state index in [0.29, 0.717) is 11.2 Å². The van der Waals surface area contributed by atoms with Crippen molar-refractivity contribution >= 4 is 0 Å². The Balaban J connectivity index is 1.75. The van der Waals surface area contributed by atoms with Crippen molar-refractivity contribution in [2.24, 2.45) is 17.3 Å². The lowest BCUT2D eigenvalue weighted by Crippen LogP contribution is -2.40. The molecule has 0 aromatic heterocycles. The molecule has 0 heterocycles. The van der Waals surface area contributed by atoms with Gasteiger partial charge in [0.15, 0.2) is 0 Å². The first kappa shape index (κ1) is 13.4. The van der Waals surface area contributed by atoms with Gasteiger partial charge in [0.25, 0.3) is 0 Å². The number of hydrogen-bond donors (Lipinski definition) is 1. The maximum absolute atomic E-state index is 9.99. The molecule has 0 aliphatic heterocycles. The molecule has 2 unspecified atom stereocenters. The molecule has 4 atom stereocenters. The fraction of sp³-hybridized carbons (Fsp3) is 0.600. The van der Waals surface area contributed by atoms with Gasteiger partial charge in [-0.1, -0.05) is 25.1 Å². The lowest BCUT2D eigenvalue weighted by molar-refractivity contribution is 0.0815. The average Bonchev–Trinajstić information content (AvgIpc) is 2.78. The van der Waals surface area contributed by atoms with Gasteiger partial charge in [-0.3, -0.25) is 0 Å². The molecular formula is C20H26O. The number of phenols is 1. The van der Waals surface area contributed by atoms with Gasteiger partial charge in [0.05, 0.1) is 0 Å². The van der Waals surface area contributed by atoms with Crippen LogP contribution in [0.3, 0.4) is 0 Å². The fourth-order valence-corrected chi connectivity index (χ4v) is 5.74.